The number of alkyl halides is 3. The topological polar surface area (TPSA) is 22.1 Å². The highest BCUT2D eigenvalue weighted by molar-refractivity contribution is 5.36. The normalized spacial score (nSPS) is 11.9. The predicted molar refractivity (Wildman–Crippen MR) is 49.9 cm³/mol. The van der Waals surface area contributed by atoms with Crippen LogP contribution in [0.25, 0.3) is 0 Å². The van der Waals surface area contributed by atoms with Gasteiger partial charge >= 0.3 is 6.18 Å². The van der Waals surface area contributed by atoms with E-state index in [0.717, 1.165) is 6.20 Å². The molecule has 0 aromatic carbocycles. The molecule has 0 aliphatic heterocycles. The molecular formula is C10H12F3NO. The maximum absolute atomic E-state index is 12.4. The minimum atomic E-state index is -4.42. The largest absolute Gasteiger partial charge is 0.496 e. The van der Waals surface area contributed by atoms with E-state index in [1.165, 1.54) is 13.2 Å². The fourth-order valence-corrected chi connectivity index (χ4v) is 1.15. The van der Waals surface area contributed by atoms with Crippen LogP contribution in [0.3, 0.4) is 0 Å². The Morgan fingerprint density at radius 2 is 1.93 bits per heavy atom. The van der Waals surface area contributed by atoms with Crippen LogP contribution in [0.4, 0.5) is 13.2 Å². The fraction of sp³-hybridized carbons (Fsp3) is 0.500. The van der Waals surface area contributed by atoms with Gasteiger partial charge in [-0.2, -0.15) is 13.2 Å². The number of pyridine rings is 1. The maximum Gasteiger partial charge on any atom is 0.421 e. The Morgan fingerprint density at radius 3 is 2.33 bits per heavy atom. The van der Waals surface area contributed by atoms with Gasteiger partial charge < -0.3 is 4.74 Å². The van der Waals surface area contributed by atoms with Gasteiger partial charge in [-0.15, -0.1) is 0 Å². The number of hydrogen-bond acceptors (Lipinski definition) is 2. The van der Waals surface area contributed by atoms with E-state index in [-0.39, 0.29) is 11.7 Å². The number of methoxy groups -OCH3 is 1. The smallest absolute Gasteiger partial charge is 0.421 e. The lowest BCUT2D eigenvalue weighted by Gasteiger charge is -2.13. The lowest BCUT2D eigenvalue weighted by Crippen LogP contribution is -2.09. The highest BCUT2D eigenvalue weighted by atomic mass is 19.4. The maximum atomic E-state index is 12.4. The first-order valence-electron chi connectivity index (χ1n) is 4.47. The van der Waals surface area contributed by atoms with Gasteiger partial charge in [0, 0.05) is 18.0 Å². The second-order valence-electron chi connectivity index (χ2n) is 3.46. The predicted octanol–water partition coefficient (Wildman–Crippen LogP) is 3.23. The minimum absolute atomic E-state index is 0.0705. The van der Waals surface area contributed by atoms with Crippen molar-refractivity contribution in [2.45, 2.75) is 25.9 Å². The molecule has 0 N–H and O–H groups in total. The van der Waals surface area contributed by atoms with Gasteiger partial charge in [0.1, 0.15) is 11.3 Å². The van der Waals surface area contributed by atoms with Crippen molar-refractivity contribution in [3.05, 3.63) is 23.5 Å². The molecule has 2 nitrogen and oxygen atoms in total. The van der Waals surface area contributed by atoms with Crippen LogP contribution >= 0.6 is 0 Å². The number of aromatic nitrogens is 1. The molecular weight excluding hydrogens is 207 g/mol. The van der Waals surface area contributed by atoms with E-state index >= 15 is 0 Å². The lowest BCUT2D eigenvalue weighted by molar-refractivity contribution is -0.139. The molecule has 0 saturated carbocycles. The average molecular weight is 219 g/mol. The van der Waals surface area contributed by atoms with Crippen molar-refractivity contribution in [2.24, 2.45) is 0 Å². The molecule has 1 rings (SSSR count). The summed E-state index contributed by atoms with van der Waals surface area (Å²) in [7, 11) is 1.22. The second kappa shape index (κ2) is 4.08. The summed E-state index contributed by atoms with van der Waals surface area (Å²) in [5, 5.41) is 0. The molecule has 1 heterocycles. The zero-order valence-corrected chi connectivity index (χ0v) is 8.72. The first kappa shape index (κ1) is 11.8. The summed E-state index contributed by atoms with van der Waals surface area (Å²) >= 11 is 0. The molecule has 1 aromatic heterocycles. The van der Waals surface area contributed by atoms with Gasteiger partial charge in [-0.25, -0.2) is 0 Å². The molecule has 0 atom stereocenters. The SMILES string of the molecule is COc1cc(C(C)C)ncc1C(F)(F)F. The molecule has 0 aliphatic rings. The van der Waals surface area contributed by atoms with Gasteiger partial charge in [-0.3, -0.25) is 4.98 Å². The number of halogens is 3. The summed E-state index contributed by atoms with van der Waals surface area (Å²) in [6.45, 7) is 3.71. The Bertz CT molecular complexity index is 347. The Kier molecular flexibility index (Phi) is 3.21. The van der Waals surface area contributed by atoms with E-state index in [4.69, 9.17) is 4.74 Å². The van der Waals surface area contributed by atoms with Crippen LogP contribution in [0.1, 0.15) is 31.0 Å². The molecule has 1 aromatic rings. The van der Waals surface area contributed by atoms with Gasteiger partial charge in [0.05, 0.1) is 7.11 Å². The summed E-state index contributed by atoms with van der Waals surface area (Å²) in [5.74, 6) is -0.109. The third-order valence-corrected chi connectivity index (χ3v) is 2.00. The Hall–Kier alpha value is -1.26. The van der Waals surface area contributed by atoms with Crippen molar-refractivity contribution >= 4 is 0 Å². The Labute approximate surface area is 86.1 Å². The third kappa shape index (κ3) is 2.61. The molecule has 0 radical (unpaired) electrons. The van der Waals surface area contributed by atoms with E-state index in [1.54, 1.807) is 0 Å². The average Bonchev–Trinajstić information content (AvgIpc) is 2.15. The van der Waals surface area contributed by atoms with Crippen LogP contribution < -0.4 is 4.74 Å². The van der Waals surface area contributed by atoms with Crippen LogP contribution in [-0.4, -0.2) is 12.1 Å². The summed E-state index contributed by atoms with van der Waals surface area (Å²) in [4.78, 5) is 3.75. The van der Waals surface area contributed by atoms with Crippen molar-refractivity contribution in [3.8, 4) is 5.75 Å². The molecule has 84 valence electrons. The number of ether oxygens (including phenoxy) is 1. The number of nitrogens with zero attached hydrogens (tertiary/aromatic N) is 1. The van der Waals surface area contributed by atoms with Gasteiger partial charge in [-0.1, -0.05) is 13.8 Å². The Morgan fingerprint density at radius 1 is 1.33 bits per heavy atom. The van der Waals surface area contributed by atoms with Crippen molar-refractivity contribution in [3.63, 3.8) is 0 Å². The second-order valence-corrected chi connectivity index (χ2v) is 3.46. The van der Waals surface area contributed by atoms with E-state index in [2.05, 4.69) is 4.98 Å². The zero-order valence-electron chi connectivity index (χ0n) is 8.72. The molecule has 0 amide bonds. The summed E-state index contributed by atoms with van der Waals surface area (Å²) in [5.41, 5.74) is -0.255. The summed E-state index contributed by atoms with van der Waals surface area (Å²) in [6, 6.07) is 1.33. The van der Waals surface area contributed by atoms with Gasteiger partial charge in [0.15, 0.2) is 0 Å². The third-order valence-electron chi connectivity index (χ3n) is 2.00. The molecule has 0 fully saturated rings. The Balaban J connectivity index is 3.21. The van der Waals surface area contributed by atoms with Crippen LogP contribution in [0.5, 0.6) is 5.75 Å². The molecule has 0 unspecified atom stereocenters. The van der Waals surface area contributed by atoms with Crippen molar-refractivity contribution in [1.29, 1.82) is 0 Å². The van der Waals surface area contributed by atoms with E-state index in [0.29, 0.717) is 5.69 Å². The zero-order chi connectivity index (χ0) is 11.6. The fourth-order valence-electron chi connectivity index (χ4n) is 1.15. The highest BCUT2D eigenvalue weighted by Gasteiger charge is 2.35. The molecule has 0 bridgehead atoms. The molecule has 0 aliphatic carbocycles. The van der Waals surface area contributed by atoms with Crippen LogP contribution in [-0.2, 0) is 6.18 Å². The number of rotatable bonds is 2. The van der Waals surface area contributed by atoms with Crippen molar-refractivity contribution in [2.75, 3.05) is 7.11 Å². The van der Waals surface area contributed by atoms with Crippen molar-refractivity contribution < 1.29 is 17.9 Å². The van der Waals surface area contributed by atoms with Crippen LogP contribution in [0.2, 0.25) is 0 Å². The van der Waals surface area contributed by atoms with Crippen molar-refractivity contribution in [1.82, 2.24) is 4.98 Å². The van der Waals surface area contributed by atoms with Gasteiger partial charge in [-0.05, 0) is 5.92 Å². The van der Waals surface area contributed by atoms with E-state index in [9.17, 15) is 13.2 Å². The van der Waals surface area contributed by atoms with Gasteiger partial charge in [0.25, 0.3) is 0 Å². The standard InChI is InChI=1S/C10H12F3NO/c1-6(2)8-4-9(15-3)7(5-14-8)10(11,12)13/h4-6H,1-3H3. The molecule has 0 spiro atoms. The van der Waals surface area contributed by atoms with Crippen LogP contribution in [0.15, 0.2) is 12.3 Å². The van der Waals surface area contributed by atoms with E-state index < -0.39 is 11.7 Å². The molecule has 0 saturated heterocycles. The minimum Gasteiger partial charge on any atom is -0.496 e. The quantitative estimate of drug-likeness (QED) is 0.761. The molecule has 15 heavy (non-hydrogen) atoms. The lowest BCUT2D eigenvalue weighted by atomic mass is 10.1. The van der Waals surface area contributed by atoms with E-state index in [1.807, 2.05) is 13.8 Å². The monoisotopic (exact) mass is 219 g/mol. The van der Waals surface area contributed by atoms with Crippen LogP contribution in [0, 0.1) is 0 Å². The summed E-state index contributed by atoms with van der Waals surface area (Å²) in [6.07, 6.45) is -3.61. The summed E-state index contributed by atoms with van der Waals surface area (Å²) < 4.78 is 42.0. The first-order chi connectivity index (χ1) is 6.86. The molecule has 5 heteroatoms. The highest BCUT2D eigenvalue weighted by Crippen LogP contribution is 2.36. The number of hydrogen-bond donors (Lipinski definition) is 0. The first-order valence-corrected chi connectivity index (χ1v) is 4.47. The van der Waals surface area contributed by atoms with Gasteiger partial charge in [0.2, 0.25) is 0 Å².